The average Bonchev–Trinajstić information content (AvgIpc) is 3.60. The number of aromatic nitrogens is 4. The van der Waals surface area contributed by atoms with Gasteiger partial charge < -0.3 is 0 Å². The Morgan fingerprint density at radius 3 is 1.88 bits per heavy atom. The van der Waals surface area contributed by atoms with Gasteiger partial charge in [0.2, 0.25) is 5.95 Å². The van der Waals surface area contributed by atoms with Crippen LogP contribution in [-0.2, 0) is 5.41 Å². The fourth-order valence-corrected chi connectivity index (χ4v) is 10.1. The lowest BCUT2D eigenvalue weighted by molar-refractivity contribution is 0.642. The van der Waals surface area contributed by atoms with E-state index >= 15 is 0 Å². The molecule has 3 heterocycles. The largest absolute Gasteiger partial charge is 0.277 e. The zero-order valence-corrected chi connectivity index (χ0v) is 27.9. The van der Waals surface area contributed by atoms with E-state index in [-0.39, 0.29) is 5.41 Å². The maximum Gasteiger partial charge on any atom is 0.238 e. The third-order valence-corrected chi connectivity index (χ3v) is 12.3. The van der Waals surface area contributed by atoms with Crippen molar-refractivity contribution in [3.8, 4) is 39.9 Å². The molecule has 1 aliphatic heterocycles. The van der Waals surface area contributed by atoms with Crippen molar-refractivity contribution in [2.75, 3.05) is 0 Å². The van der Waals surface area contributed by atoms with Crippen LogP contribution >= 0.6 is 23.5 Å². The Morgan fingerprint density at radius 1 is 0.542 bits per heavy atom. The summed E-state index contributed by atoms with van der Waals surface area (Å²) in [6.07, 6.45) is 0. The van der Waals surface area contributed by atoms with Gasteiger partial charge in [-0.25, -0.2) is 4.98 Å². The molecule has 2 aromatic heterocycles. The molecule has 0 fully saturated rings. The minimum absolute atomic E-state index is 0.200. The van der Waals surface area contributed by atoms with Crippen molar-refractivity contribution in [3.63, 3.8) is 0 Å². The fraction of sp³-hybridized carbons (Fsp3) is 0.0714. The lowest BCUT2D eigenvalue weighted by atomic mass is 9.82. The Kier molecular flexibility index (Phi) is 6.05. The van der Waals surface area contributed by atoms with Crippen LogP contribution in [0.15, 0.2) is 153 Å². The van der Waals surface area contributed by atoms with Crippen molar-refractivity contribution in [1.29, 1.82) is 0 Å². The van der Waals surface area contributed by atoms with E-state index in [0.717, 1.165) is 22.2 Å². The molecule has 4 nitrogen and oxygen atoms in total. The third kappa shape index (κ3) is 4.03. The monoisotopic (exact) mass is 652 g/mol. The molecule has 0 atom stereocenters. The Balaban J connectivity index is 1.29. The first-order chi connectivity index (χ1) is 23.6. The van der Waals surface area contributed by atoms with Crippen molar-refractivity contribution < 1.29 is 0 Å². The first-order valence-electron chi connectivity index (χ1n) is 16.1. The summed E-state index contributed by atoms with van der Waals surface area (Å²) in [5, 5.41) is 2.38. The van der Waals surface area contributed by atoms with Gasteiger partial charge in [0.15, 0.2) is 11.6 Å². The molecule has 6 heteroatoms. The van der Waals surface area contributed by atoms with Crippen LogP contribution in [0.25, 0.3) is 61.7 Å². The summed E-state index contributed by atoms with van der Waals surface area (Å²) in [4.78, 5) is 20.8. The van der Waals surface area contributed by atoms with Crippen LogP contribution in [-0.4, -0.2) is 19.5 Å². The molecule has 0 saturated carbocycles. The van der Waals surface area contributed by atoms with E-state index in [1.807, 2.05) is 59.9 Å². The van der Waals surface area contributed by atoms with Gasteiger partial charge in [0.25, 0.3) is 0 Å². The highest BCUT2D eigenvalue weighted by Crippen LogP contribution is 2.60. The molecule has 228 valence electrons. The van der Waals surface area contributed by atoms with Gasteiger partial charge >= 0.3 is 0 Å². The molecule has 48 heavy (non-hydrogen) atoms. The zero-order chi connectivity index (χ0) is 32.0. The molecule has 1 aliphatic carbocycles. The maximum atomic E-state index is 5.22. The molecular formula is C42H28N4S2. The van der Waals surface area contributed by atoms with Gasteiger partial charge in [-0.3, -0.25) is 4.57 Å². The number of hydrogen-bond acceptors (Lipinski definition) is 5. The summed E-state index contributed by atoms with van der Waals surface area (Å²) < 4.78 is 2.28. The minimum atomic E-state index is -0.200. The van der Waals surface area contributed by atoms with E-state index in [1.165, 1.54) is 52.6 Å². The molecule has 0 amide bonds. The lowest BCUT2D eigenvalue weighted by Gasteiger charge is -2.28. The van der Waals surface area contributed by atoms with Gasteiger partial charge in [-0.1, -0.05) is 147 Å². The Hall–Kier alpha value is -5.17. The highest BCUT2D eigenvalue weighted by Gasteiger charge is 2.41. The fourth-order valence-electron chi connectivity index (χ4n) is 7.51. The number of hydrogen-bond donors (Lipinski definition) is 0. The standard InChI is InChI=1S/C42H28N4S2/c1-42(2)30-23-21-28-27-17-9-10-18-31(27)46(41-44-39(25-13-5-3-6-14-25)43-40(45-41)26-15-7-4-8-16-26)37(28)35(30)29-22-24-34-38(36(29)42)48-33-20-12-11-19-32(33)47-34/h3-24H,1-2H3. The second-order valence-electron chi connectivity index (χ2n) is 12.8. The predicted octanol–water partition coefficient (Wildman–Crippen LogP) is 11.2. The van der Waals surface area contributed by atoms with E-state index < -0.39 is 0 Å². The van der Waals surface area contributed by atoms with Gasteiger partial charge in [0.1, 0.15) is 0 Å². The third-order valence-electron chi connectivity index (χ3n) is 9.69. The van der Waals surface area contributed by atoms with E-state index in [4.69, 9.17) is 15.0 Å². The van der Waals surface area contributed by atoms with Gasteiger partial charge in [-0.15, -0.1) is 0 Å². The van der Waals surface area contributed by atoms with Crippen molar-refractivity contribution >= 4 is 45.3 Å². The van der Waals surface area contributed by atoms with Crippen LogP contribution in [0.4, 0.5) is 0 Å². The van der Waals surface area contributed by atoms with Crippen LogP contribution in [0.3, 0.4) is 0 Å². The smallest absolute Gasteiger partial charge is 0.238 e. The van der Waals surface area contributed by atoms with Crippen LogP contribution in [0, 0.1) is 0 Å². The Bertz CT molecular complexity index is 2530. The molecule has 0 spiro atoms. The van der Waals surface area contributed by atoms with E-state index in [1.54, 1.807) is 0 Å². The summed E-state index contributed by atoms with van der Waals surface area (Å²) in [6, 6.07) is 47.1. The summed E-state index contributed by atoms with van der Waals surface area (Å²) in [6.45, 7) is 4.76. The second-order valence-corrected chi connectivity index (χ2v) is 15.0. The summed E-state index contributed by atoms with van der Waals surface area (Å²) in [7, 11) is 0. The molecule has 10 rings (SSSR count). The maximum absolute atomic E-state index is 5.22. The summed E-state index contributed by atoms with van der Waals surface area (Å²) in [5.74, 6) is 1.92. The molecular weight excluding hydrogens is 625 g/mol. The van der Waals surface area contributed by atoms with Crippen molar-refractivity contribution in [2.24, 2.45) is 0 Å². The van der Waals surface area contributed by atoms with Crippen molar-refractivity contribution in [2.45, 2.75) is 38.8 Å². The van der Waals surface area contributed by atoms with Gasteiger partial charge in [0.05, 0.1) is 11.0 Å². The van der Waals surface area contributed by atoms with Crippen molar-refractivity contribution in [3.05, 3.63) is 145 Å². The predicted molar refractivity (Wildman–Crippen MR) is 197 cm³/mol. The molecule has 0 unspecified atom stereocenters. The molecule has 0 radical (unpaired) electrons. The molecule has 0 bridgehead atoms. The lowest BCUT2D eigenvalue weighted by Crippen LogP contribution is -2.17. The van der Waals surface area contributed by atoms with Gasteiger partial charge in [-0.05, 0) is 41.0 Å². The highest BCUT2D eigenvalue weighted by molar-refractivity contribution is 8.05. The molecule has 0 N–H and O–H groups in total. The van der Waals surface area contributed by atoms with Gasteiger partial charge in [0, 0.05) is 52.5 Å². The van der Waals surface area contributed by atoms with Crippen LogP contribution in [0.1, 0.15) is 25.0 Å². The highest BCUT2D eigenvalue weighted by atomic mass is 32.2. The number of para-hydroxylation sites is 1. The average molecular weight is 653 g/mol. The first kappa shape index (κ1) is 27.9. The van der Waals surface area contributed by atoms with Gasteiger partial charge in [-0.2, -0.15) is 9.97 Å². The molecule has 2 aliphatic rings. The SMILES string of the molecule is CC1(C)c2ccc3c4ccccc4n(-c4nc(-c5ccccc5)nc(-c5ccccc5)n4)c3c2-c2ccc3c(c21)Sc1ccccc1S3. The van der Waals surface area contributed by atoms with Crippen LogP contribution in [0.2, 0.25) is 0 Å². The normalized spacial score (nSPS) is 14.0. The Labute approximate surface area is 286 Å². The number of nitrogens with zero attached hydrogens (tertiary/aromatic N) is 4. The van der Waals surface area contributed by atoms with E-state index in [9.17, 15) is 0 Å². The molecule has 0 saturated heterocycles. The zero-order valence-electron chi connectivity index (χ0n) is 26.3. The van der Waals surface area contributed by atoms with Crippen LogP contribution in [0.5, 0.6) is 0 Å². The van der Waals surface area contributed by atoms with E-state index in [2.05, 4.69) is 115 Å². The quantitative estimate of drug-likeness (QED) is 0.190. The Morgan fingerprint density at radius 2 is 1.17 bits per heavy atom. The second kappa shape index (κ2) is 10.4. The summed E-state index contributed by atoms with van der Waals surface area (Å²) in [5.41, 5.74) is 9.20. The number of benzene rings is 6. The van der Waals surface area contributed by atoms with Crippen molar-refractivity contribution in [1.82, 2.24) is 19.5 Å². The minimum Gasteiger partial charge on any atom is -0.277 e. The van der Waals surface area contributed by atoms with E-state index in [0.29, 0.717) is 17.6 Å². The van der Waals surface area contributed by atoms with Crippen LogP contribution < -0.4 is 0 Å². The number of rotatable bonds is 3. The topological polar surface area (TPSA) is 43.6 Å². The number of fused-ring (bicyclic) bond motifs is 10. The summed E-state index contributed by atoms with van der Waals surface area (Å²) >= 11 is 3.79. The first-order valence-corrected chi connectivity index (χ1v) is 17.8. The molecule has 8 aromatic rings. The molecule has 6 aromatic carbocycles.